The van der Waals surface area contributed by atoms with Gasteiger partial charge in [-0.15, -0.1) is 11.8 Å². The van der Waals surface area contributed by atoms with Crippen molar-refractivity contribution in [2.45, 2.75) is 11.3 Å². The molecule has 0 radical (unpaired) electrons. The van der Waals surface area contributed by atoms with E-state index in [0.717, 1.165) is 4.90 Å². The van der Waals surface area contributed by atoms with E-state index in [1.54, 1.807) is 12.1 Å². The molecule has 0 saturated carbocycles. The molecule has 1 aromatic rings. The van der Waals surface area contributed by atoms with Crippen LogP contribution in [0.1, 0.15) is 6.42 Å². The third-order valence-electron chi connectivity index (χ3n) is 2.45. The highest BCUT2D eigenvalue weighted by Gasteiger charge is 2.10. The van der Waals surface area contributed by atoms with Crippen molar-refractivity contribution in [3.8, 4) is 0 Å². The fourth-order valence-electron chi connectivity index (χ4n) is 1.35. The highest BCUT2D eigenvalue weighted by Crippen LogP contribution is 2.19. The highest BCUT2D eigenvalue weighted by atomic mass is 32.2. The van der Waals surface area contributed by atoms with Crippen molar-refractivity contribution in [2.75, 3.05) is 30.8 Å². The molecule has 0 fully saturated rings. The van der Waals surface area contributed by atoms with Gasteiger partial charge in [-0.05, 0) is 24.3 Å². The average Bonchev–Trinajstić information content (AvgIpc) is 2.40. The van der Waals surface area contributed by atoms with E-state index < -0.39 is 10.0 Å². The first kappa shape index (κ1) is 16.8. The zero-order valence-corrected chi connectivity index (χ0v) is 12.9. The van der Waals surface area contributed by atoms with Crippen LogP contribution in [0, 0.1) is 0 Å². The number of amides is 1. The monoisotopic (exact) mass is 317 g/mol. The largest absolute Gasteiger partial charge is 0.399 e. The fourth-order valence-corrected chi connectivity index (χ4v) is 3.68. The summed E-state index contributed by atoms with van der Waals surface area (Å²) in [5.41, 5.74) is 6.25. The van der Waals surface area contributed by atoms with Gasteiger partial charge in [0.2, 0.25) is 15.9 Å². The van der Waals surface area contributed by atoms with Crippen molar-refractivity contribution in [2.24, 2.45) is 0 Å². The first-order chi connectivity index (χ1) is 9.43. The lowest BCUT2D eigenvalue weighted by molar-refractivity contribution is -0.120. The number of sulfonamides is 1. The number of nitrogens with two attached hydrogens (primary N) is 1. The van der Waals surface area contributed by atoms with Gasteiger partial charge in [-0.2, -0.15) is 0 Å². The molecule has 0 aliphatic carbocycles. The van der Waals surface area contributed by atoms with Crippen LogP contribution in [0.3, 0.4) is 0 Å². The number of hydrogen-bond acceptors (Lipinski definition) is 5. The average molecular weight is 317 g/mol. The Morgan fingerprint density at radius 2 is 1.95 bits per heavy atom. The summed E-state index contributed by atoms with van der Waals surface area (Å²) in [6, 6.07) is 7.26. The molecule has 0 aromatic heterocycles. The molecule has 8 heteroatoms. The van der Waals surface area contributed by atoms with Gasteiger partial charge in [0.1, 0.15) is 0 Å². The molecule has 0 unspecified atom stereocenters. The second-order valence-corrected chi connectivity index (χ2v) is 7.15. The molecule has 0 bridgehead atoms. The molecular formula is C12H19N3O3S2. The highest BCUT2D eigenvalue weighted by molar-refractivity contribution is 8.00. The molecule has 0 atom stereocenters. The Morgan fingerprint density at radius 1 is 1.30 bits per heavy atom. The Labute approximate surface area is 123 Å². The first-order valence-corrected chi connectivity index (χ1v) is 8.73. The summed E-state index contributed by atoms with van der Waals surface area (Å²) in [6.45, 7) is 0.120. The van der Waals surface area contributed by atoms with Crippen LogP contribution in [0.2, 0.25) is 0 Å². The maximum Gasteiger partial charge on any atom is 0.221 e. The van der Waals surface area contributed by atoms with Crippen LogP contribution in [0.4, 0.5) is 5.69 Å². The van der Waals surface area contributed by atoms with Crippen molar-refractivity contribution < 1.29 is 13.2 Å². The van der Waals surface area contributed by atoms with E-state index in [1.807, 2.05) is 12.1 Å². The van der Waals surface area contributed by atoms with Crippen molar-refractivity contribution >= 4 is 33.4 Å². The van der Waals surface area contributed by atoms with Gasteiger partial charge >= 0.3 is 0 Å². The van der Waals surface area contributed by atoms with E-state index in [-0.39, 0.29) is 24.6 Å². The molecule has 0 aliphatic rings. The standard InChI is InChI=1S/C12H19N3O3S2/c1-14-12(16)6-7-15-20(17,18)9-8-19-11-4-2-10(13)3-5-11/h2-5,15H,6-9,13H2,1H3,(H,14,16). The Hall–Kier alpha value is -1.25. The quantitative estimate of drug-likeness (QED) is 0.476. The lowest BCUT2D eigenvalue weighted by Crippen LogP contribution is -2.31. The number of rotatable bonds is 8. The number of anilines is 1. The summed E-state index contributed by atoms with van der Waals surface area (Å²) < 4.78 is 25.7. The van der Waals surface area contributed by atoms with E-state index >= 15 is 0 Å². The minimum absolute atomic E-state index is 0.00971. The lowest BCUT2D eigenvalue weighted by atomic mass is 10.3. The van der Waals surface area contributed by atoms with Crippen molar-refractivity contribution in [3.05, 3.63) is 24.3 Å². The Morgan fingerprint density at radius 3 is 2.55 bits per heavy atom. The van der Waals surface area contributed by atoms with Gasteiger partial charge < -0.3 is 11.1 Å². The summed E-state index contributed by atoms with van der Waals surface area (Å²) in [5.74, 6) is 0.263. The smallest absolute Gasteiger partial charge is 0.221 e. The first-order valence-electron chi connectivity index (χ1n) is 6.09. The normalized spacial score (nSPS) is 11.2. The van der Waals surface area contributed by atoms with Crippen LogP contribution in [-0.2, 0) is 14.8 Å². The molecular weight excluding hydrogens is 298 g/mol. The zero-order chi connectivity index (χ0) is 15.0. The maximum atomic E-state index is 11.7. The molecule has 1 aromatic carbocycles. The van der Waals surface area contributed by atoms with Gasteiger partial charge in [-0.25, -0.2) is 13.1 Å². The lowest BCUT2D eigenvalue weighted by Gasteiger charge is -2.06. The van der Waals surface area contributed by atoms with Gasteiger partial charge in [0, 0.05) is 36.3 Å². The number of thioether (sulfide) groups is 1. The number of hydrogen-bond donors (Lipinski definition) is 3. The van der Waals surface area contributed by atoms with Crippen LogP contribution in [0.15, 0.2) is 29.2 Å². The number of carbonyl (C=O) groups is 1. The summed E-state index contributed by atoms with van der Waals surface area (Å²) in [5, 5.41) is 2.43. The van der Waals surface area contributed by atoms with Crippen molar-refractivity contribution in [1.82, 2.24) is 10.0 Å². The van der Waals surface area contributed by atoms with Crippen molar-refractivity contribution in [1.29, 1.82) is 0 Å². The van der Waals surface area contributed by atoms with E-state index in [0.29, 0.717) is 11.4 Å². The number of nitrogens with one attached hydrogen (secondary N) is 2. The fraction of sp³-hybridized carbons (Fsp3) is 0.417. The number of carbonyl (C=O) groups excluding carboxylic acids is 1. The Balaban J connectivity index is 2.29. The predicted octanol–water partition coefficient (Wildman–Crippen LogP) is 0.416. The SMILES string of the molecule is CNC(=O)CCNS(=O)(=O)CCSc1ccc(N)cc1. The molecule has 0 saturated heterocycles. The number of nitrogen functional groups attached to an aromatic ring is 1. The maximum absolute atomic E-state index is 11.7. The molecule has 4 N–H and O–H groups in total. The van der Waals surface area contributed by atoms with Gasteiger partial charge in [0.25, 0.3) is 0 Å². The molecule has 6 nitrogen and oxygen atoms in total. The van der Waals surface area contributed by atoms with Crippen LogP contribution in [0.25, 0.3) is 0 Å². The Bertz CT molecular complexity index is 529. The topological polar surface area (TPSA) is 101 Å². The third-order valence-corrected chi connectivity index (χ3v) is 5.11. The molecule has 1 rings (SSSR count). The van der Waals surface area contributed by atoms with E-state index in [9.17, 15) is 13.2 Å². The Kier molecular flexibility index (Phi) is 6.83. The molecule has 0 spiro atoms. The van der Waals surface area contributed by atoms with Crippen LogP contribution >= 0.6 is 11.8 Å². The zero-order valence-electron chi connectivity index (χ0n) is 11.3. The van der Waals surface area contributed by atoms with Crippen molar-refractivity contribution in [3.63, 3.8) is 0 Å². The molecule has 1 amide bonds. The minimum atomic E-state index is -3.34. The van der Waals surface area contributed by atoms with E-state index in [1.165, 1.54) is 18.8 Å². The summed E-state index contributed by atoms with van der Waals surface area (Å²) in [6.07, 6.45) is 0.140. The van der Waals surface area contributed by atoms with Crippen LogP contribution < -0.4 is 15.8 Å². The summed E-state index contributed by atoms with van der Waals surface area (Å²) >= 11 is 1.45. The predicted molar refractivity (Wildman–Crippen MR) is 82.1 cm³/mol. The molecule has 112 valence electrons. The second kappa shape index (κ2) is 8.13. The van der Waals surface area contributed by atoms with Gasteiger partial charge in [-0.1, -0.05) is 0 Å². The number of benzene rings is 1. The summed E-state index contributed by atoms with van der Waals surface area (Å²) in [7, 11) is -1.83. The summed E-state index contributed by atoms with van der Waals surface area (Å²) in [4.78, 5) is 11.9. The van der Waals surface area contributed by atoms with Crippen LogP contribution in [-0.4, -0.2) is 39.4 Å². The van der Waals surface area contributed by atoms with Crippen LogP contribution in [0.5, 0.6) is 0 Å². The molecule has 0 aliphatic heterocycles. The second-order valence-electron chi connectivity index (χ2n) is 4.05. The van der Waals surface area contributed by atoms with Gasteiger partial charge in [0.15, 0.2) is 0 Å². The molecule has 20 heavy (non-hydrogen) atoms. The molecule has 0 heterocycles. The third kappa shape index (κ3) is 6.78. The van der Waals surface area contributed by atoms with Gasteiger partial charge in [-0.3, -0.25) is 4.79 Å². The minimum Gasteiger partial charge on any atom is -0.399 e. The van der Waals surface area contributed by atoms with E-state index in [2.05, 4.69) is 10.0 Å². The van der Waals surface area contributed by atoms with E-state index in [4.69, 9.17) is 5.73 Å². The van der Waals surface area contributed by atoms with Gasteiger partial charge in [0.05, 0.1) is 5.75 Å².